The first-order valence-electron chi connectivity index (χ1n) is 11.6. The van der Waals surface area contributed by atoms with Gasteiger partial charge >= 0.3 is 5.97 Å². The SMILES string of the molecule is CCCCCCCCCCCCCCCCCCCOC(C)OCC(=O)O. The summed E-state index contributed by atoms with van der Waals surface area (Å²) < 4.78 is 10.4. The summed E-state index contributed by atoms with van der Waals surface area (Å²) in [5.41, 5.74) is 0. The van der Waals surface area contributed by atoms with E-state index in [2.05, 4.69) is 6.92 Å². The molecule has 4 heteroatoms. The number of hydrogen-bond donors (Lipinski definition) is 1. The highest BCUT2D eigenvalue weighted by Gasteiger charge is 2.04. The van der Waals surface area contributed by atoms with Gasteiger partial charge in [0.1, 0.15) is 6.61 Å². The van der Waals surface area contributed by atoms with Crippen molar-refractivity contribution < 1.29 is 19.4 Å². The van der Waals surface area contributed by atoms with E-state index in [1.165, 1.54) is 103 Å². The molecule has 4 nitrogen and oxygen atoms in total. The molecular formula is C23H46O4. The predicted octanol–water partition coefficient (Wildman–Crippen LogP) is 7.10. The highest BCUT2D eigenvalue weighted by molar-refractivity contribution is 5.67. The number of ether oxygens (including phenoxy) is 2. The van der Waals surface area contributed by atoms with Crippen molar-refractivity contribution in [2.75, 3.05) is 13.2 Å². The summed E-state index contributed by atoms with van der Waals surface area (Å²) in [7, 11) is 0. The summed E-state index contributed by atoms with van der Waals surface area (Å²) in [6, 6.07) is 0. The molecule has 0 rings (SSSR count). The molecule has 0 aliphatic rings. The standard InChI is InChI=1S/C23H46O4/c1-3-4-5-6-7-8-9-10-11-12-13-14-15-16-17-18-19-20-26-22(2)27-21-23(24)25/h22H,3-21H2,1-2H3,(H,24,25). The Labute approximate surface area is 168 Å². The van der Waals surface area contributed by atoms with Crippen LogP contribution in [-0.4, -0.2) is 30.6 Å². The Morgan fingerprint density at radius 1 is 0.667 bits per heavy atom. The van der Waals surface area contributed by atoms with Crippen molar-refractivity contribution in [2.45, 2.75) is 129 Å². The van der Waals surface area contributed by atoms with Crippen molar-refractivity contribution in [3.05, 3.63) is 0 Å². The summed E-state index contributed by atoms with van der Waals surface area (Å²) >= 11 is 0. The molecular weight excluding hydrogens is 340 g/mol. The molecule has 0 saturated carbocycles. The zero-order valence-electron chi connectivity index (χ0n) is 18.2. The number of carboxylic acid groups (broad SMARTS) is 1. The highest BCUT2D eigenvalue weighted by atomic mass is 16.7. The van der Waals surface area contributed by atoms with E-state index >= 15 is 0 Å². The third-order valence-electron chi connectivity index (χ3n) is 5.04. The normalized spacial score (nSPS) is 12.4. The third kappa shape index (κ3) is 23.4. The van der Waals surface area contributed by atoms with E-state index in [0.717, 1.165) is 6.42 Å². The molecule has 1 atom stereocenters. The van der Waals surface area contributed by atoms with E-state index < -0.39 is 12.3 Å². The second-order valence-corrected chi connectivity index (χ2v) is 7.80. The van der Waals surface area contributed by atoms with Gasteiger partial charge in [0, 0.05) is 6.61 Å². The van der Waals surface area contributed by atoms with Crippen molar-refractivity contribution in [1.82, 2.24) is 0 Å². The van der Waals surface area contributed by atoms with Crippen LogP contribution in [0.25, 0.3) is 0 Å². The van der Waals surface area contributed by atoms with Gasteiger partial charge in [-0.2, -0.15) is 0 Å². The highest BCUT2D eigenvalue weighted by Crippen LogP contribution is 2.14. The second-order valence-electron chi connectivity index (χ2n) is 7.80. The maximum Gasteiger partial charge on any atom is 0.329 e. The number of unbranched alkanes of at least 4 members (excludes halogenated alkanes) is 16. The van der Waals surface area contributed by atoms with E-state index in [9.17, 15) is 4.79 Å². The van der Waals surface area contributed by atoms with E-state index in [0.29, 0.717) is 6.61 Å². The lowest BCUT2D eigenvalue weighted by atomic mass is 10.0. The molecule has 0 aliphatic heterocycles. The van der Waals surface area contributed by atoms with Gasteiger partial charge < -0.3 is 14.6 Å². The van der Waals surface area contributed by atoms with Crippen LogP contribution in [0.15, 0.2) is 0 Å². The van der Waals surface area contributed by atoms with Crippen molar-refractivity contribution >= 4 is 5.97 Å². The minimum Gasteiger partial charge on any atom is -0.480 e. The quantitative estimate of drug-likeness (QED) is 0.159. The first-order chi connectivity index (χ1) is 13.2. The summed E-state index contributed by atoms with van der Waals surface area (Å²) in [5, 5.41) is 8.51. The van der Waals surface area contributed by atoms with Crippen molar-refractivity contribution in [2.24, 2.45) is 0 Å². The monoisotopic (exact) mass is 386 g/mol. The first-order valence-corrected chi connectivity index (χ1v) is 11.6. The van der Waals surface area contributed by atoms with Gasteiger partial charge in [-0.3, -0.25) is 0 Å². The van der Waals surface area contributed by atoms with Gasteiger partial charge in [0.15, 0.2) is 6.29 Å². The lowest BCUT2D eigenvalue weighted by molar-refractivity contribution is -0.163. The Kier molecular flexibility index (Phi) is 21.2. The van der Waals surface area contributed by atoms with Gasteiger partial charge in [-0.05, 0) is 13.3 Å². The van der Waals surface area contributed by atoms with Crippen LogP contribution >= 0.6 is 0 Å². The predicted molar refractivity (Wildman–Crippen MR) is 113 cm³/mol. The van der Waals surface area contributed by atoms with Crippen molar-refractivity contribution in [3.8, 4) is 0 Å². The van der Waals surface area contributed by atoms with Gasteiger partial charge in [0.05, 0.1) is 0 Å². The van der Waals surface area contributed by atoms with Gasteiger partial charge in [0.25, 0.3) is 0 Å². The number of carbonyl (C=O) groups is 1. The van der Waals surface area contributed by atoms with E-state index in [-0.39, 0.29) is 6.61 Å². The van der Waals surface area contributed by atoms with Crippen LogP contribution < -0.4 is 0 Å². The molecule has 1 N–H and O–H groups in total. The van der Waals surface area contributed by atoms with Crippen molar-refractivity contribution in [1.29, 1.82) is 0 Å². The van der Waals surface area contributed by atoms with Crippen LogP contribution in [0.1, 0.15) is 123 Å². The summed E-state index contributed by atoms with van der Waals surface area (Å²) in [4.78, 5) is 10.4. The second kappa shape index (κ2) is 21.7. The van der Waals surface area contributed by atoms with Crippen LogP contribution in [0.4, 0.5) is 0 Å². The molecule has 0 spiro atoms. The van der Waals surface area contributed by atoms with Crippen LogP contribution in [0.5, 0.6) is 0 Å². The average molecular weight is 387 g/mol. The average Bonchev–Trinajstić information content (AvgIpc) is 2.65. The first kappa shape index (κ1) is 26.4. The Morgan fingerprint density at radius 3 is 1.41 bits per heavy atom. The van der Waals surface area contributed by atoms with Gasteiger partial charge in [-0.15, -0.1) is 0 Å². The fourth-order valence-corrected chi connectivity index (χ4v) is 3.31. The Balaban J connectivity index is 3.08. The topological polar surface area (TPSA) is 55.8 Å². The molecule has 0 aliphatic carbocycles. The maximum atomic E-state index is 10.4. The summed E-state index contributed by atoms with van der Waals surface area (Å²) in [5.74, 6) is -0.955. The molecule has 0 aromatic carbocycles. The smallest absolute Gasteiger partial charge is 0.329 e. The van der Waals surface area contributed by atoms with Crippen LogP contribution in [0.2, 0.25) is 0 Å². The summed E-state index contributed by atoms with van der Waals surface area (Å²) in [6.45, 7) is 4.39. The van der Waals surface area contributed by atoms with E-state index in [1.807, 2.05) is 0 Å². The lowest BCUT2D eigenvalue weighted by Gasteiger charge is -2.12. The fourth-order valence-electron chi connectivity index (χ4n) is 3.31. The molecule has 0 fully saturated rings. The molecule has 1 unspecified atom stereocenters. The van der Waals surface area contributed by atoms with Gasteiger partial charge in [-0.25, -0.2) is 4.79 Å². The molecule has 0 aromatic heterocycles. The molecule has 27 heavy (non-hydrogen) atoms. The Hall–Kier alpha value is -0.610. The molecule has 0 amide bonds. The molecule has 0 aromatic rings. The minimum absolute atomic E-state index is 0.291. The molecule has 0 radical (unpaired) electrons. The lowest BCUT2D eigenvalue weighted by Crippen LogP contribution is -2.18. The largest absolute Gasteiger partial charge is 0.480 e. The maximum absolute atomic E-state index is 10.4. The number of carboxylic acids is 1. The molecule has 0 bridgehead atoms. The van der Waals surface area contributed by atoms with Crippen LogP contribution in [0, 0.1) is 0 Å². The minimum atomic E-state index is -0.955. The molecule has 0 heterocycles. The number of rotatable bonds is 22. The number of aliphatic carboxylic acids is 1. The zero-order valence-corrected chi connectivity index (χ0v) is 18.2. The van der Waals surface area contributed by atoms with Crippen molar-refractivity contribution in [3.63, 3.8) is 0 Å². The third-order valence-corrected chi connectivity index (χ3v) is 5.04. The zero-order chi connectivity index (χ0) is 20.0. The number of hydrogen-bond acceptors (Lipinski definition) is 3. The van der Waals surface area contributed by atoms with Gasteiger partial charge in [0.2, 0.25) is 0 Å². The Bertz CT molecular complexity index is 307. The van der Waals surface area contributed by atoms with Crippen LogP contribution in [0.3, 0.4) is 0 Å². The molecule has 162 valence electrons. The van der Waals surface area contributed by atoms with Gasteiger partial charge in [-0.1, -0.05) is 110 Å². The molecule has 0 saturated heterocycles. The van der Waals surface area contributed by atoms with Crippen LogP contribution in [-0.2, 0) is 14.3 Å². The Morgan fingerprint density at radius 2 is 1.04 bits per heavy atom. The summed E-state index contributed by atoms with van der Waals surface area (Å²) in [6.07, 6.45) is 22.7. The van der Waals surface area contributed by atoms with E-state index in [4.69, 9.17) is 14.6 Å². The van der Waals surface area contributed by atoms with E-state index in [1.54, 1.807) is 6.92 Å². The fraction of sp³-hybridized carbons (Fsp3) is 0.957.